The lowest BCUT2D eigenvalue weighted by Crippen LogP contribution is -2.36. The van der Waals surface area contributed by atoms with Crippen molar-refractivity contribution in [3.8, 4) is 5.75 Å². The van der Waals surface area contributed by atoms with Gasteiger partial charge in [-0.2, -0.15) is 0 Å². The molecule has 1 aliphatic rings. The van der Waals surface area contributed by atoms with Crippen molar-refractivity contribution in [2.75, 3.05) is 20.2 Å². The maximum absolute atomic E-state index is 12.3. The maximum atomic E-state index is 12.3. The van der Waals surface area contributed by atoms with E-state index in [9.17, 15) is 4.79 Å². The summed E-state index contributed by atoms with van der Waals surface area (Å²) in [7, 11) is 1.64. The van der Waals surface area contributed by atoms with E-state index in [1.807, 2.05) is 24.3 Å². The molecule has 1 aliphatic carbocycles. The molecule has 1 amide bonds. The third-order valence-electron chi connectivity index (χ3n) is 3.47. The van der Waals surface area contributed by atoms with Crippen molar-refractivity contribution >= 4 is 5.91 Å². The predicted molar refractivity (Wildman–Crippen MR) is 70.6 cm³/mol. The molecule has 4 nitrogen and oxygen atoms in total. The van der Waals surface area contributed by atoms with Crippen LogP contribution in [0.5, 0.6) is 5.75 Å². The molecule has 0 unspecified atom stereocenters. The maximum Gasteiger partial charge on any atom is 0.230 e. The zero-order chi connectivity index (χ0) is 13.0. The van der Waals surface area contributed by atoms with Gasteiger partial charge in [-0.25, -0.2) is 0 Å². The molecule has 0 heterocycles. The van der Waals surface area contributed by atoms with Gasteiger partial charge in [0.25, 0.3) is 0 Å². The largest absolute Gasteiger partial charge is 0.496 e. The normalized spacial score (nSPS) is 16.1. The Morgan fingerprint density at radius 2 is 2.17 bits per heavy atom. The molecule has 98 valence electrons. The Morgan fingerprint density at radius 3 is 2.78 bits per heavy atom. The van der Waals surface area contributed by atoms with E-state index in [4.69, 9.17) is 10.5 Å². The fourth-order valence-electron chi connectivity index (χ4n) is 2.26. The summed E-state index contributed by atoms with van der Waals surface area (Å²) in [4.78, 5) is 12.3. The third kappa shape index (κ3) is 2.34. The van der Waals surface area contributed by atoms with Crippen LogP contribution in [-0.4, -0.2) is 26.1 Å². The van der Waals surface area contributed by atoms with Crippen LogP contribution in [0.1, 0.15) is 24.8 Å². The van der Waals surface area contributed by atoms with Gasteiger partial charge in [0.2, 0.25) is 5.91 Å². The van der Waals surface area contributed by atoms with Crippen LogP contribution in [0.15, 0.2) is 24.3 Å². The minimum absolute atomic E-state index is 0.0976. The minimum Gasteiger partial charge on any atom is -0.496 e. The molecule has 18 heavy (non-hydrogen) atoms. The average Bonchev–Trinajstić information content (AvgIpc) is 3.20. The number of benzene rings is 1. The van der Waals surface area contributed by atoms with Gasteiger partial charge >= 0.3 is 0 Å². The van der Waals surface area contributed by atoms with Crippen LogP contribution >= 0.6 is 0 Å². The van der Waals surface area contributed by atoms with Crippen LogP contribution in [0.2, 0.25) is 0 Å². The first kappa shape index (κ1) is 12.9. The molecular weight excluding hydrogens is 228 g/mol. The van der Waals surface area contributed by atoms with Gasteiger partial charge in [0.1, 0.15) is 5.75 Å². The highest BCUT2D eigenvalue weighted by atomic mass is 16.5. The first-order valence-electron chi connectivity index (χ1n) is 6.36. The topological polar surface area (TPSA) is 64.3 Å². The molecule has 0 atom stereocenters. The first-order chi connectivity index (χ1) is 8.74. The van der Waals surface area contributed by atoms with E-state index in [-0.39, 0.29) is 11.3 Å². The number of para-hydroxylation sites is 1. The zero-order valence-corrected chi connectivity index (χ0v) is 10.7. The number of ether oxygens (including phenoxy) is 1. The van der Waals surface area contributed by atoms with Crippen LogP contribution in [0.3, 0.4) is 0 Å². The quantitative estimate of drug-likeness (QED) is 0.743. The molecule has 0 spiro atoms. The second-order valence-electron chi connectivity index (χ2n) is 4.68. The SMILES string of the molecule is COc1ccccc1C1(C(=O)NCCCN)CC1. The summed E-state index contributed by atoms with van der Waals surface area (Å²) in [6, 6.07) is 7.76. The minimum atomic E-state index is -0.374. The highest BCUT2D eigenvalue weighted by molar-refractivity contribution is 5.92. The van der Waals surface area contributed by atoms with Gasteiger partial charge in [-0.05, 0) is 31.9 Å². The molecule has 3 N–H and O–H groups in total. The number of hydrogen-bond acceptors (Lipinski definition) is 3. The van der Waals surface area contributed by atoms with E-state index in [0.717, 1.165) is 30.6 Å². The molecule has 0 saturated heterocycles. The number of rotatable bonds is 6. The summed E-state index contributed by atoms with van der Waals surface area (Å²) in [6.07, 6.45) is 2.59. The predicted octanol–water partition coefficient (Wildman–Crippen LogP) is 1.19. The van der Waals surface area contributed by atoms with Crippen molar-refractivity contribution in [3.63, 3.8) is 0 Å². The van der Waals surface area contributed by atoms with E-state index in [1.54, 1.807) is 7.11 Å². The van der Waals surface area contributed by atoms with Crippen molar-refractivity contribution in [1.29, 1.82) is 0 Å². The Labute approximate surface area is 108 Å². The number of nitrogens with one attached hydrogen (secondary N) is 1. The van der Waals surface area contributed by atoms with Gasteiger partial charge in [0.05, 0.1) is 12.5 Å². The fourth-order valence-corrected chi connectivity index (χ4v) is 2.26. The van der Waals surface area contributed by atoms with Gasteiger partial charge in [0.15, 0.2) is 0 Å². The number of nitrogens with two attached hydrogens (primary N) is 1. The van der Waals surface area contributed by atoms with Gasteiger partial charge in [0, 0.05) is 12.1 Å². The van der Waals surface area contributed by atoms with Crippen LogP contribution in [0, 0.1) is 0 Å². The average molecular weight is 248 g/mol. The van der Waals surface area contributed by atoms with Crippen LogP contribution in [0.25, 0.3) is 0 Å². The number of carbonyl (C=O) groups excluding carboxylic acids is 1. The number of hydrogen-bond donors (Lipinski definition) is 2. The zero-order valence-electron chi connectivity index (χ0n) is 10.7. The molecule has 1 aromatic carbocycles. The van der Waals surface area contributed by atoms with Crippen molar-refractivity contribution in [1.82, 2.24) is 5.32 Å². The molecular formula is C14H20N2O2. The molecule has 0 aliphatic heterocycles. The van der Waals surface area contributed by atoms with Crippen LogP contribution in [-0.2, 0) is 10.2 Å². The Kier molecular flexibility index (Phi) is 3.87. The van der Waals surface area contributed by atoms with Crippen molar-refractivity contribution in [2.24, 2.45) is 5.73 Å². The summed E-state index contributed by atoms with van der Waals surface area (Å²) in [5.41, 5.74) is 6.05. The highest BCUT2D eigenvalue weighted by Gasteiger charge is 2.52. The Balaban J connectivity index is 2.13. The van der Waals surface area contributed by atoms with Gasteiger partial charge in [-0.1, -0.05) is 18.2 Å². The monoisotopic (exact) mass is 248 g/mol. The van der Waals surface area contributed by atoms with E-state index in [2.05, 4.69) is 5.32 Å². The lowest BCUT2D eigenvalue weighted by molar-refractivity contribution is -0.123. The smallest absolute Gasteiger partial charge is 0.230 e. The van der Waals surface area contributed by atoms with Crippen molar-refractivity contribution in [2.45, 2.75) is 24.7 Å². The molecule has 0 bridgehead atoms. The van der Waals surface area contributed by atoms with Gasteiger partial charge < -0.3 is 15.8 Å². The van der Waals surface area contributed by atoms with E-state index < -0.39 is 0 Å². The van der Waals surface area contributed by atoms with Crippen molar-refractivity contribution < 1.29 is 9.53 Å². The standard InChI is InChI=1S/C14H20N2O2/c1-18-12-6-3-2-5-11(12)14(7-8-14)13(17)16-10-4-9-15/h2-3,5-6H,4,7-10,15H2,1H3,(H,16,17). The Morgan fingerprint density at radius 1 is 1.44 bits per heavy atom. The summed E-state index contributed by atoms with van der Waals surface area (Å²) < 4.78 is 5.35. The third-order valence-corrected chi connectivity index (χ3v) is 3.47. The summed E-state index contributed by atoms with van der Waals surface area (Å²) in [5, 5.41) is 2.96. The molecule has 0 radical (unpaired) electrons. The second-order valence-corrected chi connectivity index (χ2v) is 4.68. The number of amides is 1. The summed E-state index contributed by atoms with van der Waals surface area (Å²) in [6.45, 7) is 1.24. The fraction of sp³-hybridized carbons (Fsp3) is 0.500. The molecule has 0 aromatic heterocycles. The van der Waals surface area contributed by atoms with E-state index in [0.29, 0.717) is 13.1 Å². The van der Waals surface area contributed by atoms with E-state index in [1.165, 1.54) is 0 Å². The van der Waals surface area contributed by atoms with Crippen LogP contribution < -0.4 is 15.8 Å². The van der Waals surface area contributed by atoms with E-state index >= 15 is 0 Å². The molecule has 1 saturated carbocycles. The Bertz CT molecular complexity index is 428. The Hall–Kier alpha value is -1.55. The molecule has 4 heteroatoms. The lowest BCUT2D eigenvalue weighted by atomic mass is 9.94. The molecule has 1 fully saturated rings. The summed E-state index contributed by atoms with van der Waals surface area (Å²) in [5.74, 6) is 0.893. The van der Waals surface area contributed by atoms with Gasteiger partial charge in [-0.15, -0.1) is 0 Å². The lowest BCUT2D eigenvalue weighted by Gasteiger charge is -2.18. The second kappa shape index (κ2) is 5.40. The van der Waals surface area contributed by atoms with Crippen molar-refractivity contribution in [3.05, 3.63) is 29.8 Å². The molecule has 2 rings (SSSR count). The van der Waals surface area contributed by atoms with Gasteiger partial charge in [-0.3, -0.25) is 4.79 Å². The van der Waals surface area contributed by atoms with Crippen LogP contribution in [0.4, 0.5) is 0 Å². The molecule has 1 aromatic rings. The summed E-state index contributed by atoms with van der Waals surface area (Å²) >= 11 is 0. The number of carbonyl (C=O) groups is 1. The number of methoxy groups -OCH3 is 1. The highest BCUT2D eigenvalue weighted by Crippen LogP contribution is 2.51. The first-order valence-corrected chi connectivity index (χ1v) is 6.36.